The first-order valence-corrected chi connectivity index (χ1v) is 7.48. The van der Waals surface area contributed by atoms with Crippen LogP contribution < -0.4 is 5.32 Å². The fourth-order valence-electron chi connectivity index (χ4n) is 3.41. The van der Waals surface area contributed by atoms with E-state index in [-0.39, 0.29) is 13.0 Å². The highest BCUT2D eigenvalue weighted by molar-refractivity contribution is 5.87. The number of hydrogen-bond acceptors (Lipinski definition) is 2. The molecule has 2 aliphatic heterocycles. The standard InChI is InChI=1S/C16H17F3N2O2/c17-12-3-1-11(2-4-12)7-13(22)21-9-15(5-6-20-14(15)23)8-16(18,19)10-21/h1-4H,5-10H2,(H,20,23)/t15-/m1/s1. The molecular formula is C16H17F3N2O2. The average molecular weight is 326 g/mol. The largest absolute Gasteiger partial charge is 0.356 e. The van der Waals surface area contributed by atoms with Crippen molar-refractivity contribution >= 4 is 11.8 Å². The number of nitrogens with one attached hydrogen (secondary N) is 1. The first kappa shape index (κ1) is 15.8. The Kier molecular flexibility index (Phi) is 3.82. The number of likely N-dealkylation sites (tertiary alicyclic amines) is 1. The maximum atomic E-state index is 14.1. The van der Waals surface area contributed by atoms with Crippen LogP contribution in [0.15, 0.2) is 24.3 Å². The molecule has 1 aromatic carbocycles. The van der Waals surface area contributed by atoms with Crippen molar-refractivity contribution in [3.63, 3.8) is 0 Å². The average Bonchev–Trinajstić information content (AvgIpc) is 2.80. The summed E-state index contributed by atoms with van der Waals surface area (Å²) in [7, 11) is 0. The molecule has 1 aromatic rings. The maximum absolute atomic E-state index is 14.1. The molecule has 0 aromatic heterocycles. The van der Waals surface area contributed by atoms with Crippen LogP contribution in [0.25, 0.3) is 0 Å². The molecule has 7 heteroatoms. The first-order valence-electron chi connectivity index (χ1n) is 7.48. The predicted octanol–water partition coefficient (Wildman–Crippen LogP) is 1.74. The number of nitrogens with zero attached hydrogens (tertiary/aromatic N) is 1. The van der Waals surface area contributed by atoms with Gasteiger partial charge in [-0.05, 0) is 24.1 Å². The molecule has 1 spiro atoms. The molecule has 0 radical (unpaired) electrons. The number of alkyl halides is 2. The second-order valence-corrected chi connectivity index (χ2v) is 6.37. The number of benzene rings is 1. The van der Waals surface area contributed by atoms with Crippen LogP contribution in [0.2, 0.25) is 0 Å². The normalized spacial score (nSPS) is 26.4. The van der Waals surface area contributed by atoms with Crippen molar-refractivity contribution in [1.29, 1.82) is 0 Å². The molecule has 2 fully saturated rings. The van der Waals surface area contributed by atoms with Gasteiger partial charge in [0, 0.05) is 19.5 Å². The minimum absolute atomic E-state index is 0.00838. The van der Waals surface area contributed by atoms with E-state index in [0.717, 1.165) is 4.90 Å². The lowest BCUT2D eigenvalue weighted by molar-refractivity contribution is -0.159. The molecule has 2 saturated heterocycles. The van der Waals surface area contributed by atoms with E-state index in [1.165, 1.54) is 24.3 Å². The van der Waals surface area contributed by atoms with E-state index in [2.05, 4.69) is 5.32 Å². The van der Waals surface area contributed by atoms with E-state index in [0.29, 0.717) is 18.5 Å². The summed E-state index contributed by atoms with van der Waals surface area (Å²) in [5.41, 5.74) is -0.643. The SMILES string of the molecule is O=C(Cc1ccc(F)cc1)N1CC(F)(F)C[C@]2(CCNC2=O)C1. The quantitative estimate of drug-likeness (QED) is 0.900. The predicted molar refractivity (Wildman–Crippen MR) is 76.3 cm³/mol. The molecule has 4 nitrogen and oxygen atoms in total. The van der Waals surface area contributed by atoms with Gasteiger partial charge in [-0.15, -0.1) is 0 Å². The molecule has 2 amide bonds. The van der Waals surface area contributed by atoms with Gasteiger partial charge < -0.3 is 10.2 Å². The number of piperidine rings is 1. The molecule has 0 aliphatic carbocycles. The Bertz CT molecular complexity index is 633. The van der Waals surface area contributed by atoms with Crippen molar-refractivity contribution in [2.24, 2.45) is 5.41 Å². The molecule has 0 unspecified atom stereocenters. The number of rotatable bonds is 2. The van der Waals surface area contributed by atoms with E-state index < -0.39 is 41.9 Å². The van der Waals surface area contributed by atoms with E-state index in [1.54, 1.807) is 0 Å². The number of amides is 2. The van der Waals surface area contributed by atoms with E-state index in [1.807, 2.05) is 0 Å². The Morgan fingerprint density at radius 1 is 1.22 bits per heavy atom. The Labute approximate surface area is 131 Å². The van der Waals surface area contributed by atoms with Gasteiger partial charge in [0.05, 0.1) is 18.4 Å². The Balaban J connectivity index is 1.76. The summed E-state index contributed by atoms with van der Waals surface area (Å²) in [6.07, 6.45) is -0.304. The lowest BCUT2D eigenvalue weighted by Gasteiger charge is -2.42. The summed E-state index contributed by atoms with van der Waals surface area (Å²) in [5.74, 6) is -4.39. The fourth-order valence-corrected chi connectivity index (χ4v) is 3.41. The third kappa shape index (κ3) is 3.18. The minimum atomic E-state index is -3.08. The Morgan fingerprint density at radius 2 is 1.91 bits per heavy atom. The number of carbonyl (C=O) groups excluding carboxylic acids is 2. The number of carbonyl (C=O) groups is 2. The van der Waals surface area contributed by atoms with Crippen LogP contribution in [0.1, 0.15) is 18.4 Å². The highest BCUT2D eigenvalue weighted by atomic mass is 19.3. The van der Waals surface area contributed by atoms with Gasteiger partial charge in [-0.3, -0.25) is 9.59 Å². The van der Waals surface area contributed by atoms with Crippen molar-refractivity contribution in [2.45, 2.75) is 25.2 Å². The molecule has 0 saturated carbocycles. The Morgan fingerprint density at radius 3 is 2.52 bits per heavy atom. The zero-order valence-electron chi connectivity index (χ0n) is 12.4. The van der Waals surface area contributed by atoms with Gasteiger partial charge in [0.25, 0.3) is 5.92 Å². The summed E-state index contributed by atoms with van der Waals surface area (Å²) in [6, 6.07) is 5.35. The summed E-state index contributed by atoms with van der Waals surface area (Å²) < 4.78 is 41.0. The number of hydrogen-bond donors (Lipinski definition) is 1. The van der Waals surface area contributed by atoms with E-state index in [9.17, 15) is 22.8 Å². The van der Waals surface area contributed by atoms with Crippen molar-refractivity contribution in [1.82, 2.24) is 10.2 Å². The maximum Gasteiger partial charge on any atom is 0.266 e. The molecule has 1 atom stereocenters. The van der Waals surface area contributed by atoms with Crippen LogP contribution in [0.5, 0.6) is 0 Å². The number of halogens is 3. The van der Waals surface area contributed by atoms with Gasteiger partial charge in [-0.1, -0.05) is 12.1 Å². The molecule has 0 bridgehead atoms. The Hall–Kier alpha value is -2.05. The van der Waals surface area contributed by atoms with Crippen molar-refractivity contribution in [3.05, 3.63) is 35.6 Å². The van der Waals surface area contributed by atoms with E-state index in [4.69, 9.17) is 0 Å². The lowest BCUT2D eigenvalue weighted by Crippen LogP contribution is -2.57. The van der Waals surface area contributed by atoms with Crippen LogP contribution >= 0.6 is 0 Å². The van der Waals surface area contributed by atoms with Gasteiger partial charge in [-0.2, -0.15) is 0 Å². The monoisotopic (exact) mass is 326 g/mol. The first-order chi connectivity index (χ1) is 10.8. The fraction of sp³-hybridized carbons (Fsp3) is 0.500. The summed E-state index contributed by atoms with van der Waals surface area (Å²) in [6.45, 7) is -0.314. The molecule has 124 valence electrons. The second kappa shape index (κ2) is 5.54. The third-order valence-electron chi connectivity index (χ3n) is 4.50. The van der Waals surface area contributed by atoms with Gasteiger partial charge in [0.1, 0.15) is 5.82 Å². The van der Waals surface area contributed by atoms with Crippen LogP contribution in [-0.2, 0) is 16.0 Å². The third-order valence-corrected chi connectivity index (χ3v) is 4.50. The summed E-state index contributed by atoms with van der Waals surface area (Å²) in [5, 5.41) is 2.58. The zero-order chi connectivity index (χ0) is 16.7. The molecule has 3 rings (SSSR count). The van der Waals surface area contributed by atoms with Crippen LogP contribution in [0.3, 0.4) is 0 Å². The summed E-state index contributed by atoms with van der Waals surface area (Å²) in [4.78, 5) is 25.4. The van der Waals surface area contributed by atoms with Gasteiger partial charge in [0.2, 0.25) is 11.8 Å². The minimum Gasteiger partial charge on any atom is -0.356 e. The second-order valence-electron chi connectivity index (χ2n) is 6.37. The van der Waals surface area contributed by atoms with Crippen molar-refractivity contribution in [3.8, 4) is 0 Å². The van der Waals surface area contributed by atoms with Gasteiger partial charge in [0.15, 0.2) is 0 Å². The lowest BCUT2D eigenvalue weighted by atomic mass is 9.77. The molecule has 2 heterocycles. The topological polar surface area (TPSA) is 49.4 Å². The van der Waals surface area contributed by atoms with Crippen LogP contribution in [0, 0.1) is 11.2 Å². The molecule has 23 heavy (non-hydrogen) atoms. The highest BCUT2D eigenvalue weighted by Gasteiger charge is 2.55. The molecular weight excluding hydrogens is 309 g/mol. The van der Waals surface area contributed by atoms with Gasteiger partial charge in [-0.25, -0.2) is 13.2 Å². The van der Waals surface area contributed by atoms with Crippen LogP contribution in [0.4, 0.5) is 13.2 Å². The van der Waals surface area contributed by atoms with Crippen molar-refractivity contribution < 1.29 is 22.8 Å². The molecule has 2 aliphatic rings. The highest BCUT2D eigenvalue weighted by Crippen LogP contribution is 2.43. The van der Waals surface area contributed by atoms with Crippen LogP contribution in [-0.4, -0.2) is 42.3 Å². The van der Waals surface area contributed by atoms with Crippen molar-refractivity contribution in [2.75, 3.05) is 19.6 Å². The molecule has 1 N–H and O–H groups in total. The zero-order valence-corrected chi connectivity index (χ0v) is 12.4. The smallest absolute Gasteiger partial charge is 0.266 e. The summed E-state index contributed by atoms with van der Waals surface area (Å²) >= 11 is 0. The van der Waals surface area contributed by atoms with Gasteiger partial charge >= 0.3 is 0 Å². The van der Waals surface area contributed by atoms with E-state index >= 15 is 0 Å².